The van der Waals surface area contributed by atoms with Crippen LogP contribution in [0.5, 0.6) is 0 Å². The number of amides is 6. The number of urea groups is 2. The Hall–Kier alpha value is -7.26. The van der Waals surface area contributed by atoms with Gasteiger partial charge in [0.25, 0.3) is 11.8 Å². The molecule has 2 aromatic heterocycles. The van der Waals surface area contributed by atoms with Crippen molar-refractivity contribution in [1.29, 1.82) is 0 Å². The Bertz CT molecular complexity index is 3040. The van der Waals surface area contributed by atoms with Gasteiger partial charge in [0.1, 0.15) is 34.6 Å². The number of thioether (sulfide) groups is 1. The van der Waals surface area contributed by atoms with Crippen LogP contribution in [0.15, 0.2) is 83.1 Å². The molecule has 21 heteroatoms. The quantitative estimate of drug-likeness (QED) is 0.0586. The van der Waals surface area contributed by atoms with Crippen molar-refractivity contribution in [2.45, 2.75) is 77.0 Å². The van der Waals surface area contributed by atoms with Crippen LogP contribution in [0.25, 0.3) is 22.5 Å². The van der Waals surface area contributed by atoms with E-state index in [0.717, 1.165) is 45.2 Å². The summed E-state index contributed by atoms with van der Waals surface area (Å²) in [6.45, 7) is 11.1. The molecule has 6 aromatic rings. The smallest absolute Gasteiger partial charge is 0.328 e. The molecule has 1 unspecified atom stereocenters. The van der Waals surface area contributed by atoms with E-state index in [4.69, 9.17) is 0 Å². The van der Waals surface area contributed by atoms with Gasteiger partial charge in [0.05, 0.1) is 35.3 Å². The molecular weight excluding hydrogens is 937 g/mol. The zero-order valence-corrected chi connectivity index (χ0v) is 40.2. The molecule has 0 bridgehead atoms. The van der Waals surface area contributed by atoms with Crippen LogP contribution >= 0.6 is 11.8 Å². The first-order valence-electron chi connectivity index (χ1n) is 21.4. The van der Waals surface area contributed by atoms with E-state index in [-0.39, 0.29) is 53.8 Å². The van der Waals surface area contributed by atoms with Gasteiger partial charge in [-0.05, 0) is 107 Å². The number of carbonyl (C=O) groups excluding carboxylic acids is 4. The zero-order valence-electron chi connectivity index (χ0n) is 38.5. The summed E-state index contributed by atoms with van der Waals surface area (Å²) in [6, 6.07) is 15.4. The number of aromatic nitrogens is 4. The first-order valence-corrected chi connectivity index (χ1v) is 24.1. The van der Waals surface area contributed by atoms with Gasteiger partial charge in [-0.3, -0.25) is 13.8 Å². The number of benzene rings is 4. The van der Waals surface area contributed by atoms with Gasteiger partial charge in [0.2, 0.25) is 5.16 Å². The highest BCUT2D eigenvalue weighted by atomic mass is 32.2. The molecule has 358 valence electrons. The molecule has 69 heavy (non-hydrogen) atoms. The number of hydrogen-bond donors (Lipinski definition) is 4. The third-order valence-corrected chi connectivity index (χ3v) is 11.9. The first-order chi connectivity index (χ1) is 32.8. The van der Waals surface area contributed by atoms with Crippen LogP contribution in [0.1, 0.15) is 70.7 Å². The van der Waals surface area contributed by atoms with Crippen LogP contribution in [-0.4, -0.2) is 72.6 Å². The average molecular weight is 983 g/mol. The monoisotopic (exact) mass is 982 g/mol. The average Bonchev–Trinajstić information content (AvgIpc) is 3.29. The van der Waals surface area contributed by atoms with Crippen molar-refractivity contribution in [2.75, 3.05) is 22.3 Å². The van der Waals surface area contributed by atoms with Gasteiger partial charge in [-0.1, -0.05) is 36.0 Å². The molecule has 0 radical (unpaired) electrons. The van der Waals surface area contributed by atoms with E-state index >= 15 is 0 Å². The molecule has 2 aliphatic heterocycles. The lowest BCUT2D eigenvalue weighted by Gasteiger charge is -2.30. The molecule has 4 heterocycles. The van der Waals surface area contributed by atoms with E-state index in [2.05, 4.69) is 41.2 Å². The van der Waals surface area contributed by atoms with Gasteiger partial charge in [0.15, 0.2) is 16.8 Å². The van der Waals surface area contributed by atoms with Gasteiger partial charge in [-0.25, -0.2) is 56.9 Å². The molecule has 0 saturated carbocycles. The molecule has 4 aromatic carbocycles. The number of nitrogens with zero attached hydrogens (tertiary/aromatic N) is 6. The zero-order chi connectivity index (χ0) is 50.0. The van der Waals surface area contributed by atoms with Crippen LogP contribution < -0.4 is 31.1 Å². The van der Waals surface area contributed by atoms with E-state index in [1.807, 2.05) is 47.6 Å². The summed E-state index contributed by atoms with van der Waals surface area (Å²) in [4.78, 5) is 70.3. The summed E-state index contributed by atoms with van der Waals surface area (Å²) in [5.41, 5.74) is 4.14. The van der Waals surface area contributed by atoms with Crippen molar-refractivity contribution in [3.05, 3.63) is 129 Å². The van der Waals surface area contributed by atoms with Gasteiger partial charge in [-0.15, -0.1) is 0 Å². The second kappa shape index (κ2) is 20.5. The Morgan fingerprint density at radius 2 is 1.06 bits per heavy atom. The fraction of sp³-hybridized carbons (Fsp3) is 0.250. The molecule has 0 fully saturated rings. The van der Waals surface area contributed by atoms with E-state index in [1.54, 1.807) is 36.6 Å². The number of fused-ring (bicyclic) bond motifs is 2. The van der Waals surface area contributed by atoms with E-state index in [1.165, 1.54) is 30.2 Å². The molecule has 8 rings (SSSR count). The van der Waals surface area contributed by atoms with Gasteiger partial charge < -0.3 is 21.3 Å². The maximum atomic E-state index is 14.7. The van der Waals surface area contributed by atoms with Crippen molar-refractivity contribution in [2.24, 2.45) is 0 Å². The number of para-hydroxylation sites is 2. The third-order valence-electron chi connectivity index (χ3n) is 10.7. The first kappa shape index (κ1) is 49.6. The van der Waals surface area contributed by atoms with Gasteiger partial charge in [-0.2, -0.15) is 0 Å². The van der Waals surface area contributed by atoms with Crippen LogP contribution in [0, 0.1) is 37.1 Å². The molecule has 6 amide bonds. The summed E-state index contributed by atoms with van der Waals surface area (Å²) in [7, 11) is -1.68. The lowest BCUT2D eigenvalue weighted by atomic mass is 9.97. The standard InChI is InChI=1S/C24H23F2N5O3S.C24H23F2N5O2S/c1-12(2)28-22(32)14-9-8-13(3)15(10-14)19-16-11-27-24(33)31(20-17(25)6-5-7-18(20)26)21(16)30-23(29-19)35(4)34;1-12(2)28-22(32)14-9-8-13(3)15(10-14)19-16-11-27-24(33)31(21(16)30-23(29-19)34-4)20-17(25)6-5-7-18(20)26/h5-10,12H,11H2,1-4H3,(H,27,33)(H,28,32);5-10,12H,11H2,1-4H3,(H,27,33)(H,28,32). The largest absolute Gasteiger partial charge is 0.350 e. The Labute approximate surface area is 401 Å². The van der Waals surface area contributed by atoms with Crippen molar-refractivity contribution >= 4 is 69.4 Å². The van der Waals surface area contributed by atoms with Crippen LogP contribution in [-0.2, 0) is 23.9 Å². The highest BCUT2D eigenvalue weighted by molar-refractivity contribution is 7.98. The molecule has 1 atom stereocenters. The molecule has 2 aliphatic rings. The second-order valence-corrected chi connectivity index (χ2v) is 18.5. The Morgan fingerprint density at radius 3 is 1.45 bits per heavy atom. The summed E-state index contributed by atoms with van der Waals surface area (Å²) in [5.74, 6) is -4.20. The van der Waals surface area contributed by atoms with Gasteiger partial charge in [0, 0.05) is 51.7 Å². The lowest BCUT2D eigenvalue weighted by molar-refractivity contribution is 0.0934. The summed E-state index contributed by atoms with van der Waals surface area (Å²) in [5, 5.41) is 11.2. The number of aryl methyl sites for hydroxylation is 2. The number of carbonyl (C=O) groups is 4. The van der Waals surface area contributed by atoms with Crippen LogP contribution in [0.3, 0.4) is 0 Å². The number of halogens is 4. The van der Waals surface area contributed by atoms with Gasteiger partial charge >= 0.3 is 12.1 Å². The summed E-state index contributed by atoms with van der Waals surface area (Å²) < 4.78 is 71.1. The fourth-order valence-electron chi connectivity index (χ4n) is 7.49. The number of anilines is 4. The normalized spacial score (nSPS) is 13.5. The molecule has 0 aliphatic carbocycles. The maximum absolute atomic E-state index is 14.7. The number of nitrogens with one attached hydrogen (secondary N) is 4. The van der Waals surface area contributed by atoms with Crippen LogP contribution in [0.4, 0.5) is 50.2 Å². The maximum Gasteiger partial charge on any atom is 0.328 e. The SMILES string of the molecule is CSc1nc(-c2cc(C(=O)NC(C)C)ccc2C)c2c(n1)N(c1c(F)cccc1F)C(=O)NC2.Cc1ccc(C(=O)NC(C)C)cc1-c1nc(S(C)=O)nc2c1CNC(=O)N2c1c(F)cccc1F. The minimum absolute atomic E-state index is 0.0332. The topological polar surface area (TPSA) is 192 Å². The van der Waals surface area contributed by atoms with E-state index in [0.29, 0.717) is 49.9 Å². The molecule has 0 spiro atoms. The fourth-order valence-corrected chi connectivity index (χ4v) is 8.29. The minimum atomic E-state index is -1.68. The van der Waals surface area contributed by atoms with E-state index in [9.17, 15) is 40.9 Å². The van der Waals surface area contributed by atoms with Crippen molar-refractivity contribution in [1.82, 2.24) is 41.2 Å². The van der Waals surface area contributed by atoms with Crippen LogP contribution in [0.2, 0.25) is 0 Å². The minimum Gasteiger partial charge on any atom is -0.350 e. The van der Waals surface area contributed by atoms with Crippen molar-refractivity contribution in [3.63, 3.8) is 0 Å². The molecule has 4 N–H and O–H groups in total. The second-order valence-electron chi connectivity index (χ2n) is 16.4. The number of rotatable bonds is 10. The Kier molecular flexibility index (Phi) is 14.8. The summed E-state index contributed by atoms with van der Waals surface area (Å²) >= 11 is 1.23. The van der Waals surface area contributed by atoms with E-state index < -0.39 is 57.5 Å². The summed E-state index contributed by atoms with van der Waals surface area (Å²) in [6.07, 6.45) is 3.13. The predicted octanol–water partition coefficient (Wildman–Crippen LogP) is 8.92. The molecule has 0 saturated heterocycles. The third kappa shape index (κ3) is 10.3. The highest BCUT2D eigenvalue weighted by Crippen LogP contribution is 2.41. The Balaban J connectivity index is 0.000000204. The number of hydrogen-bond acceptors (Lipinski definition) is 10. The van der Waals surface area contributed by atoms with Crippen molar-refractivity contribution in [3.8, 4) is 22.5 Å². The van der Waals surface area contributed by atoms with Crippen molar-refractivity contribution < 1.29 is 40.9 Å². The lowest BCUT2D eigenvalue weighted by Crippen LogP contribution is -2.43. The molecular formula is C48H46F4N10O5S2. The highest BCUT2D eigenvalue weighted by Gasteiger charge is 2.36. The Morgan fingerprint density at radius 1 is 0.652 bits per heavy atom. The predicted molar refractivity (Wildman–Crippen MR) is 255 cm³/mol. The molecule has 15 nitrogen and oxygen atoms in total.